The number of imide groups is 1. The summed E-state index contributed by atoms with van der Waals surface area (Å²) in [6.45, 7) is 0.833. The van der Waals surface area contributed by atoms with Crippen LogP contribution in [0.1, 0.15) is 57.8 Å². The SMILES string of the molecule is NC(=O)[C@@H]1CCC[N+]1(C(=O)OC1CCOCC1)C(=O)[C@H](CC1CCCC1)CN(O)C=O. The maximum absolute atomic E-state index is 13.9. The molecule has 3 fully saturated rings. The van der Waals surface area contributed by atoms with Gasteiger partial charge in [-0.15, -0.1) is 4.48 Å². The van der Waals surface area contributed by atoms with Crippen LogP contribution in [0.5, 0.6) is 0 Å². The summed E-state index contributed by atoms with van der Waals surface area (Å²) in [6, 6.07) is -1.01. The fraction of sp³-hybridized carbons (Fsp3) is 0.810. The molecule has 3 aliphatic rings. The van der Waals surface area contributed by atoms with E-state index < -0.39 is 34.4 Å². The van der Waals surface area contributed by atoms with E-state index in [0.717, 1.165) is 25.7 Å². The molecule has 0 aromatic heterocycles. The van der Waals surface area contributed by atoms with Gasteiger partial charge in [0.1, 0.15) is 6.10 Å². The highest BCUT2D eigenvalue weighted by Crippen LogP contribution is 2.36. The number of hydrogen-bond donors (Lipinski definition) is 2. The van der Waals surface area contributed by atoms with Crippen LogP contribution < -0.4 is 5.73 Å². The Hall–Kier alpha value is -2.04. The van der Waals surface area contributed by atoms with Crippen LogP contribution in [0.15, 0.2) is 0 Å². The molecule has 1 aliphatic carbocycles. The number of carbonyl (C=O) groups is 4. The van der Waals surface area contributed by atoms with Gasteiger partial charge < -0.3 is 15.2 Å². The molecule has 174 valence electrons. The summed E-state index contributed by atoms with van der Waals surface area (Å²) >= 11 is 0. The lowest BCUT2D eigenvalue weighted by Crippen LogP contribution is -2.66. The number of primary amides is 1. The van der Waals surface area contributed by atoms with Gasteiger partial charge in [0.15, 0.2) is 6.04 Å². The Morgan fingerprint density at radius 1 is 1.13 bits per heavy atom. The molecule has 2 heterocycles. The van der Waals surface area contributed by atoms with Crippen LogP contribution in [0.25, 0.3) is 0 Å². The number of carbonyl (C=O) groups excluding carboxylic acids is 4. The first kappa shape index (κ1) is 23.6. The molecule has 4 amide bonds. The van der Waals surface area contributed by atoms with Crippen LogP contribution in [0.4, 0.5) is 4.79 Å². The van der Waals surface area contributed by atoms with E-state index in [0.29, 0.717) is 50.4 Å². The second kappa shape index (κ2) is 10.5. The molecule has 3 atom stereocenters. The predicted molar refractivity (Wildman–Crippen MR) is 107 cm³/mol. The number of ether oxygens (including phenoxy) is 2. The minimum absolute atomic E-state index is 0.127. The standard InChI is InChI=1S/C21H33N3O7/c22-19(26)18-6-3-9-24(18,21(28)31-17-7-10-30-11-8-17)20(27)16(13-23(29)14-25)12-15-4-1-2-5-15/h14-18,29H,1-13H2,(H-,22,26)/p+1/t16-,18+,24?/m1/s1. The average molecular weight is 441 g/mol. The second-order valence-corrected chi connectivity index (χ2v) is 9.00. The van der Waals surface area contributed by atoms with Gasteiger partial charge in [-0.1, -0.05) is 25.7 Å². The van der Waals surface area contributed by atoms with Gasteiger partial charge in [-0.3, -0.25) is 14.8 Å². The number of hydrogen-bond acceptors (Lipinski definition) is 7. The first-order chi connectivity index (χ1) is 14.9. The molecule has 1 saturated carbocycles. The summed E-state index contributed by atoms with van der Waals surface area (Å²) in [5.74, 6) is -1.73. The monoisotopic (exact) mass is 440 g/mol. The highest BCUT2D eigenvalue weighted by molar-refractivity contribution is 5.89. The first-order valence-electron chi connectivity index (χ1n) is 11.3. The van der Waals surface area contributed by atoms with Gasteiger partial charge in [-0.2, -0.15) is 4.79 Å². The Labute approximate surface area is 182 Å². The van der Waals surface area contributed by atoms with Crippen molar-refractivity contribution in [2.45, 2.75) is 69.9 Å². The van der Waals surface area contributed by atoms with Gasteiger partial charge in [-0.25, -0.2) is 9.86 Å². The zero-order chi connectivity index (χ0) is 22.4. The molecule has 0 spiro atoms. The van der Waals surface area contributed by atoms with Gasteiger partial charge in [0, 0.05) is 25.7 Å². The average Bonchev–Trinajstić information content (AvgIpc) is 3.44. The van der Waals surface area contributed by atoms with E-state index in [1.165, 1.54) is 0 Å². The summed E-state index contributed by atoms with van der Waals surface area (Å²) in [6.07, 6.45) is 5.46. The summed E-state index contributed by atoms with van der Waals surface area (Å²) in [7, 11) is 0. The lowest BCUT2D eigenvalue weighted by atomic mass is 9.91. The summed E-state index contributed by atoms with van der Waals surface area (Å²) in [4.78, 5) is 50.6. The molecule has 0 radical (unpaired) electrons. The van der Waals surface area contributed by atoms with Crippen LogP contribution in [0, 0.1) is 11.8 Å². The first-order valence-corrected chi connectivity index (χ1v) is 11.3. The molecule has 3 N–H and O–H groups in total. The van der Waals surface area contributed by atoms with Gasteiger partial charge in [0.25, 0.3) is 5.91 Å². The van der Waals surface area contributed by atoms with E-state index in [4.69, 9.17) is 15.2 Å². The van der Waals surface area contributed by atoms with Gasteiger partial charge >= 0.3 is 12.0 Å². The summed E-state index contributed by atoms with van der Waals surface area (Å²) in [5, 5.41) is 10.3. The maximum atomic E-state index is 13.9. The topological polar surface area (TPSA) is 136 Å². The highest BCUT2D eigenvalue weighted by Gasteiger charge is 2.60. The Bertz CT molecular complexity index is 676. The molecule has 31 heavy (non-hydrogen) atoms. The van der Waals surface area contributed by atoms with Crippen LogP contribution in [0.3, 0.4) is 0 Å². The molecule has 3 rings (SSSR count). The van der Waals surface area contributed by atoms with Crippen molar-refractivity contribution in [3.05, 3.63) is 0 Å². The molecular formula is C21H34N3O7+. The predicted octanol–water partition coefficient (Wildman–Crippen LogP) is 1.34. The van der Waals surface area contributed by atoms with Crippen molar-refractivity contribution < 1.29 is 38.3 Å². The van der Waals surface area contributed by atoms with Gasteiger partial charge in [0.2, 0.25) is 6.41 Å². The number of nitrogens with two attached hydrogens (primary N) is 1. The lowest BCUT2D eigenvalue weighted by Gasteiger charge is -2.36. The lowest BCUT2D eigenvalue weighted by molar-refractivity contribution is -0.788. The third kappa shape index (κ3) is 5.24. The molecule has 1 unspecified atom stereocenters. The van der Waals surface area contributed by atoms with E-state index in [1.807, 2.05) is 0 Å². The van der Waals surface area contributed by atoms with Crippen LogP contribution in [0.2, 0.25) is 0 Å². The van der Waals surface area contributed by atoms with Crippen molar-refractivity contribution >= 4 is 24.3 Å². The zero-order valence-corrected chi connectivity index (χ0v) is 17.9. The van der Waals surface area contributed by atoms with Crippen LogP contribution in [-0.4, -0.2) is 77.5 Å². The van der Waals surface area contributed by atoms with Crippen LogP contribution >= 0.6 is 0 Å². The third-order valence-electron chi connectivity index (χ3n) is 6.97. The second-order valence-electron chi connectivity index (χ2n) is 9.00. The Kier molecular flexibility index (Phi) is 8.01. The number of nitrogens with zero attached hydrogens (tertiary/aromatic N) is 2. The Balaban J connectivity index is 1.89. The van der Waals surface area contributed by atoms with E-state index in [-0.39, 0.29) is 31.5 Å². The number of rotatable bonds is 8. The number of hydroxylamine groups is 2. The molecule has 10 heteroatoms. The van der Waals surface area contributed by atoms with Gasteiger partial charge in [0.05, 0.1) is 32.2 Å². The van der Waals surface area contributed by atoms with E-state index in [2.05, 4.69) is 0 Å². The van der Waals surface area contributed by atoms with Crippen molar-refractivity contribution in [3.63, 3.8) is 0 Å². The van der Waals surface area contributed by atoms with E-state index >= 15 is 0 Å². The molecular weight excluding hydrogens is 406 g/mol. The number of quaternary nitrogens is 1. The molecule has 2 aliphatic heterocycles. The van der Waals surface area contributed by atoms with Crippen molar-refractivity contribution in [3.8, 4) is 0 Å². The molecule has 2 saturated heterocycles. The van der Waals surface area contributed by atoms with Crippen molar-refractivity contribution in [2.75, 3.05) is 26.3 Å². The smallest absolute Gasteiger partial charge is 0.416 e. The Morgan fingerprint density at radius 2 is 1.81 bits per heavy atom. The molecule has 0 aromatic rings. The normalized spacial score (nSPS) is 28.2. The third-order valence-corrected chi connectivity index (χ3v) is 6.97. The number of likely N-dealkylation sites (tertiary alicyclic amines) is 1. The van der Waals surface area contributed by atoms with Crippen molar-refractivity contribution in [1.82, 2.24) is 5.06 Å². The minimum Gasteiger partial charge on any atom is -0.416 e. The maximum Gasteiger partial charge on any atom is 0.524 e. The molecule has 0 aromatic carbocycles. The van der Waals surface area contributed by atoms with Crippen molar-refractivity contribution in [2.24, 2.45) is 17.6 Å². The highest BCUT2D eigenvalue weighted by atomic mass is 16.6. The van der Waals surface area contributed by atoms with E-state index in [1.54, 1.807) is 0 Å². The summed E-state index contributed by atoms with van der Waals surface area (Å²) < 4.78 is 10.2. The zero-order valence-electron chi connectivity index (χ0n) is 17.9. The largest absolute Gasteiger partial charge is 0.524 e. The fourth-order valence-corrected chi connectivity index (χ4v) is 5.37. The fourth-order valence-electron chi connectivity index (χ4n) is 5.37. The number of amides is 4. The van der Waals surface area contributed by atoms with Crippen molar-refractivity contribution in [1.29, 1.82) is 0 Å². The van der Waals surface area contributed by atoms with E-state index in [9.17, 15) is 24.4 Å². The Morgan fingerprint density at radius 3 is 2.42 bits per heavy atom. The molecule has 0 bridgehead atoms. The van der Waals surface area contributed by atoms with Gasteiger partial charge in [-0.05, 0) is 12.3 Å². The molecule has 10 nitrogen and oxygen atoms in total. The van der Waals surface area contributed by atoms with Crippen LogP contribution in [-0.2, 0) is 23.9 Å². The minimum atomic E-state index is -1.01. The quantitative estimate of drug-likeness (QED) is 0.251. The summed E-state index contributed by atoms with van der Waals surface area (Å²) in [5.41, 5.74) is 5.62.